The van der Waals surface area contributed by atoms with Crippen molar-refractivity contribution in [2.24, 2.45) is 0 Å². The Hall–Kier alpha value is -0.690. The van der Waals surface area contributed by atoms with Crippen LogP contribution in [0.1, 0.15) is 17.5 Å². The normalized spacial score (nSPS) is 10.1. The highest BCUT2D eigenvalue weighted by atomic mass is 35.5. The van der Waals surface area contributed by atoms with E-state index in [1.165, 1.54) is 11.1 Å². The smallest absolute Gasteiger partial charge is 0.119 e. The summed E-state index contributed by atoms with van der Waals surface area (Å²) in [6.07, 6.45) is 2.05. The number of aryl methyl sites for hydroxylation is 2. The average molecular weight is 199 g/mol. The lowest BCUT2D eigenvalue weighted by atomic mass is 10.1. The van der Waals surface area contributed by atoms with Gasteiger partial charge in [0.25, 0.3) is 0 Å². The van der Waals surface area contributed by atoms with Crippen LogP contribution in [-0.2, 0) is 6.42 Å². The van der Waals surface area contributed by atoms with Gasteiger partial charge in [-0.15, -0.1) is 11.6 Å². The number of halogens is 1. The summed E-state index contributed by atoms with van der Waals surface area (Å²) in [6.45, 7) is 2.08. The van der Waals surface area contributed by atoms with E-state index in [1.54, 1.807) is 7.11 Å². The quantitative estimate of drug-likeness (QED) is 0.676. The fourth-order valence-corrected chi connectivity index (χ4v) is 1.49. The second-order valence-corrected chi connectivity index (χ2v) is 3.53. The minimum Gasteiger partial charge on any atom is -0.497 e. The molecule has 0 saturated carbocycles. The molecule has 2 heteroatoms. The molecule has 72 valence electrons. The number of hydrogen-bond acceptors (Lipinski definition) is 1. The van der Waals surface area contributed by atoms with Gasteiger partial charge in [-0.05, 0) is 43.0 Å². The fourth-order valence-electron chi connectivity index (χ4n) is 1.36. The number of ether oxygens (including phenoxy) is 1. The Kier molecular flexibility index (Phi) is 4.10. The van der Waals surface area contributed by atoms with E-state index in [4.69, 9.17) is 16.3 Å². The Morgan fingerprint density at radius 3 is 2.69 bits per heavy atom. The predicted molar refractivity (Wildman–Crippen MR) is 56.8 cm³/mol. The van der Waals surface area contributed by atoms with Gasteiger partial charge >= 0.3 is 0 Å². The molecule has 0 saturated heterocycles. The molecule has 0 heterocycles. The van der Waals surface area contributed by atoms with Gasteiger partial charge in [0.05, 0.1) is 7.11 Å². The van der Waals surface area contributed by atoms with E-state index < -0.39 is 0 Å². The largest absolute Gasteiger partial charge is 0.497 e. The van der Waals surface area contributed by atoms with Crippen molar-refractivity contribution in [3.63, 3.8) is 0 Å². The third-order valence-electron chi connectivity index (χ3n) is 1.95. The first-order valence-corrected chi connectivity index (χ1v) is 5.00. The molecule has 0 N–H and O–H groups in total. The lowest BCUT2D eigenvalue weighted by Crippen LogP contribution is -1.90. The van der Waals surface area contributed by atoms with Crippen molar-refractivity contribution in [2.45, 2.75) is 19.8 Å². The summed E-state index contributed by atoms with van der Waals surface area (Å²) >= 11 is 5.63. The van der Waals surface area contributed by atoms with Gasteiger partial charge < -0.3 is 4.74 Å². The molecular formula is C11H15ClO. The van der Waals surface area contributed by atoms with Crippen LogP contribution in [0, 0.1) is 6.92 Å². The Balaban J connectivity index is 2.76. The van der Waals surface area contributed by atoms with E-state index in [1.807, 2.05) is 6.07 Å². The van der Waals surface area contributed by atoms with Crippen LogP contribution in [0.5, 0.6) is 5.75 Å². The third-order valence-corrected chi connectivity index (χ3v) is 2.21. The van der Waals surface area contributed by atoms with Crippen LogP contribution in [0.15, 0.2) is 18.2 Å². The number of rotatable bonds is 4. The Morgan fingerprint density at radius 1 is 1.31 bits per heavy atom. The lowest BCUT2D eigenvalue weighted by Gasteiger charge is -2.05. The lowest BCUT2D eigenvalue weighted by molar-refractivity contribution is 0.414. The van der Waals surface area contributed by atoms with E-state index in [9.17, 15) is 0 Å². The van der Waals surface area contributed by atoms with Crippen molar-refractivity contribution in [3.05, 3.63) is 29.3 Å². The first-order chi connectivity index (χ1) is 6.26. The minimum atomic E-state index is 0.719. The van der Waals surface area contributed by atoms with E-state index in [0.717, 1.165) is 24.5 Å². The zero-order valence-corrected chi connectivity index (χ0v) is 8.90. The maximum Gasteiger partial charge on any atom is 0.119 e. The molecule has 1 aromatic rings. The zero-order valence-electron chi connectivity index (χ0n) is 8.14. The Labute approximate surface area is 84.7 Å². The Morgan fingerprint density at radius 2 is 2.08 bits per heavy atom. The second kappa shape index (κ2) is 5.13. The van der Waals surface area contributed by atoms with Gasteiger partial charge in [-0.3, -0.25) is 0 Å². The number of methoxy groups -OCH3 is 1. The molecule has 0 aromatic heterocycles. The molecule has 0 bridgehead atoms. The summed E-state index contributed by atoms with van der Waals surface area (Å²) in [5, 5.41) is 0. The van der Waals surface area contributed by atoms with E-state index in [-0.39, 0.29) is 0 Å². The highest BCUT2D eigenvalue weighted by molar-refractivity contribution is 6.17. The monoisotopic (exact) mass is 198 g/mol. The summed E-state index contributed by atoms with van der Waals surface area (Å²) in [5.41, 5.74) is 2.54. The van der Waals surface area contributed by atoms with Crippen LogP contribution < -0.4 is 4.74 Å². The molecule has 13 heavy (non-hydrogen) atoms. The summed E-state index contributed by atoms with van der Waals surface area (Å²) < 4.78 is 5.18. The molecule has 1 nitrogen and oxygen atoms in total. The molecule has 0 unspecified atom stereocenters. The van der Waals surface area contributed by atoms with Gasteiger partial charge in [0.1, 0.15) is 5.75 Å². The summed E-state index contributed by atoms with van der Waals surface area (Å²) in [7, 11) is 1.69. The number of benzene rings is 1. The molecule has 0 aliphatic heterocycles. The van der Waals surface area contributed by atoms with Crippen LogP contribution >= 0.6 is 11.6 Å². The first-order valence-electron chi connectivity index (χ1n) is 4.47. The van der Waals surface area contributed by atoms with Gasteiger partial charge in [0.2, 0.25) is 0 Å². The van der Waals surface area contributed by atoms with Crippen LogP contribution in [-0.4, -0.2) is 13.0 Å². The maximum absolute atomic E-state index is 5.63. The van der Waals surface area contributed by atoms with Gasteiger partial charge in [0.15, 0.2) is 0 Å². The molecule has 1 rings (SSSR count). The molecule has 0 radical (unpaired) electrons. The molecule has 0 spiro atoms. The highest BCUT2D eigenvalue weighted by Gasteiger charge is 1.98. The standard InChI is InChI=1S/C11H15ClO/c1-9-6-10(4-3-5-12)8-11(7-9)13-2/h6-8H,3-5H2,1-2H3. The van der Waals surface area contributed by atoms with Crippen LogP contribution in [0.25, 0.3) is 0 Å². The van der Waals surface area contributed by atoms with Crippen LogP contribution in [0.2, 0.25) is 0 Å². The fraction of sp³-hybridized carbons (Fsp3) is 0.455. The van der Waals surface area contributed by atoms with Crippen LogP contribution in [0.4, 0.5) is 0 Å². The topological polar surface area (TPSA) is 9.23 Å². The van der Waals surface area contributed by atoms with Crippen LogP contribution in [0.3, 0.4) is 0 Å². The highest BCUT2D eigenvalue weighted by Crippen LogP contribution is 2.17. The molecule has 0 aliphatic carbocycles. The molecular weight excluding hydrogens is 184 g/mol. The second-order valence-electron chi connectivity index (χ2n) is 3.15. The molecule has 1 aromatic carbocycles. The van der Waals surface area contributed by atoms with Gasteiger partial charge in [-0.2, -0.15) is 0 Å². The van der Waals surface area contributed by atoms with Crippen molar-refractivity contribution >= 4 is 11.6 Å². The van der Waals surface area contributed by atoms with Gasteiger partial charge in [0, 0.05) is 5.88 Å². The van der Waals surface area contributed by atoms with Crippen molar-refractivity contribution in [1.29, 1.82) is 0 Å². The minimum absolute atomic E-state index is 0.719. The zero-order chi connectivity index (χ0) is 9.68. The predicted octanol–water partition coefficient (Wildman–Crippen LogP) is 3.18. The van der Waals surface area contributed by atoms with Crippen molar-refractivity contribution < 1.29 is 4.74 Å². The van der Waals surface area contributed by atoms with E-state index in [2.05, 4.69) is 19.1 Å². The number of alkyl halides is 1. The van der Waals surface area contributed by atoms with Crippen molar-refractivity contribution in [2.75, 3.05) is 13.0 Å². The van der Waals surface area contributed by atoms with E-state index >= 15 is 0 Å². The average Bonchev–Trinajstić information content (AvgIpc) is 2.14. The third kappa shape index (κ3) is 3.27. The molecule has 0 aliphatic rings. The Bertz CT molecular complexity index is 271. The molecule has 0 amide bonds. The van der Waals surface area contributed by atoms with E-state index in [0.29, 0.717) is 0 Å². The van der Waals surface area contributed by atoms with Gasteiger partial charge in [-0.1, -0.05) is 6.07 Å². The van der Waals surface area contributed by atoms with Crippen molar-refractivity contribution in [3.8, 4) is 5.75 Å². The number of hydrogen-bond donors (Lipinski definition) is 0. The summed E-state index contributed by atoms with van der Waals surface area (Å²) in [4.78, 5) is 0. The van der Waals surface area contributed by atoms with Gasteiger partial charge in [-0.25, -0.2) is 0 Å². The SMILES string of the molecule is COc1cc(C)cc(CCCCl)c1. The molecule has 0 atom stereocenters. The molecule has 0 fully saturated rings. The first kappa shape index (κ1) is 10.4. The maximum atomic E-state index is 5.63. The summed E-state index contributed by atoms with van der Waals surface area (Å²) in [5.74, 6) is 1.65. The van der Waals surface area contributed by atoms with Crippen molar-refractivity contribution in [1.82, 2.24) is 0 Å². The summed E-state index contributed by atoms with van der Waals surface area (Å²) in [6, 6.07) is 6.28.